The van der Waals surface area contributed by atoms with Gasteiger partial charge < -0.3 is 9.88 Å². The molecule has 8 nitrogen and oxygen atoms in total. The Bertz CT molecular complexity index is 1040. The van der Waals surface area contributed by atoms with E-state index in [0.29, 0.717) is 10.8 Å². The van der Waals surface area contributed by atoms with Gasteiger partial charge in [-0.05, 0) is 18.9 Å². The van der Waals surface area contributed by atoms with Gasteiger partial charge in [-0.25, -0.2) is 4.68 Å². The zero-order valence-electron chi connectivity index (χ0n) is 14.6. The van der Waals surface area contributed by atoms with Crippen LogP contribution in [0.15, 0.2) is 29.1 Å². The van der Waals surface area contributed by atoms with Crippen LogP contribution in [0.25, 0.3) is 10.8 Å². The minimum Gasteiger partial charge on any atom is -0.343 e. The van der Waals surface area contributed by atoms with Crippen LogP contribution >= 0.6 is 0 Å². The predicted octanol–water partition coefficient (Wildman–Crippen LogP) is 1.18. The topological polar surface area (TPSA) is 94.7 Å². The minimum absolute atomic E-state index is 0.222. The summed E-state index contributed by atoms with van der Waals surface area (Å²) in [5.41, 5.74) is 0.0123. The standard InChI is InChI=1S/C18H20N6O2/c1-23-18(26)13-8-5-4-7-12(13)16(22-23)17(25)19-11-15-21-20-14-9-3-2-6-10-24(14)15/h4-5,7-8H,2-3,6,9-11H2,1H3,(H,19,25). The fraction of sp³-hybridized carbons (Fsp3) is 0.389. The maximum absolute atomic E-state index is 12.7. The van der Waals surface area contributed by atoms with Crippen LogP contribution in [-0.2, 0) is 26.6 Å². The first-order chi connectivity index (χ1) is 12.6. The lowest BCUT2D eigenvalue weighted by atomic mass is 10.1. The van der Waals surface area contributed by atoms with Crippen molar-refractivity contribution in [2.75, 3.05) is 0 Å². The number of carbonyl (C=O) groups is 1. The lowest BCUT2D eigenvalue weighted by Gasteiger charge is -2.10. The van der Waals surface area contributed by atoms with E-state index in [9.17, 15) is 9.59 Å². The molecule has 0 fully saturated rings. The molecule has 26 heavy (non-hydrogen) atoms. The molecule has 0 atom stereocenters. The second-order valence-electron chi connectivity index (χ2n) is 6.50. The van der Waals surface area contributed by atoms with Gasteiger partial charge in [-0.2, -0.15) is 5.10 Å². The molecule has 0 saturated heterocycles. The Balaban J connectivity index is 1.60. The summed E-state index contributed by atoms with van der Waals surface area (Å²) in [6, 6.07) is 7.01. The van der Waals surface area contributed by atoms with Crippen molar-refractivity contribution in [2.24, 2.45) is 7.05 Å². The van der Waals surface area contributed by atoms with Crippen molar-refractivity contribution < 1.29 is 4.79 Å². The summed E-state index contributed by atoms with van der Waals surface area (Å²) in [5.74, 6) is 1.41. The number of amides is 1. The van der Waals surface area contributed by atoms with Gasteiger partial charge in [0, 0.05) is 25.4 Å². The second kappa shape index (κ2) is 6.70. The number of rotatable bonds is 3. The molecule has 1 aliphatic heterocycles. The Hall–Kier alpha value is -3.03. The average Bonchev–Trinajstić information content (AvgIpc) is 2.89. The Morgan fingerprint density at radius 2 is 1.96 bits per heavy atom. The maximum atomic E-state index is 12.7. The molecule has 1 aromatic carbocycles. The SMILES string of the molecule is Cn1nc(C(=O)NCc2nnc3n2CCCCC3)c2ccccc2c1=O. The van der Waals surface area contributed by atoms with Crippen molar-refractivity contribution in [3.05, 3.63) is 52.0 Å². The van der Waals surface area contributed by atoms with E-state index < -0.39 is 0 Å². The Morgan fingerprint density at radius 1 is 1.15 bits per heavy atom. The highest BCUT2D eigenvalue weighted by Crippen LogP contribution is 2.15. The third-order valence-electron chi connectivity index (χ3n) is 4.76. The van der Waals surface area contributed by atoms with Crippen LogP contribution in [-0.4, -0.2) is 30.5 Å². The minimum atomic E-state index is -0.331. The van der Waals surface area contributed by atoms with Crippen molar-refractivity contribution in [1.82, 2.24) is 29.9 Å². The molecule has 3 heterocycles. The summed E-state index contributed by atoms with van der Waals surface area (Å²) < 4.78 is 3.29. The fourth-order valence-corrected chi connectivity index (χ4v) is 3.39. The van der Waals surface area contributed by atoms with Gasteiger partial charge in [0.15, 0.2) is 11.5 Å². The van der Waals surface area contributed by atoms with Gasteiger partial charge in [0.25, 0.3) is 11.5 Å². The molecule has 0 unspecified atom stereocenters. The van der Waals surface area contributed by atoms with Crippen LogP contribution in [0.4, 0.5) is 0 Å². The van der Waals surface area contributed by atoms with E-state index in [2.05, 4.69) is 25.2 Å². The van der Waals surface area contributed by atoms with Crippen molar-refractivity contribution >= 4 is 16.7 Å². The summed E-state index contributed by atoms with van der Waals surface area (Å²) in [6.07, 6.45) is 4.33. The molecule has 0 saturated carbocycles. The van der Waals surface area contributed by atoms with Gasteiger partial charge >= 0.3 is 0 Å². The zero-order valence-corrected chi connectivity index (χ0v) is 14.6. The highest BCUT2D eigenvalue weighted by molar-refractivity contribution is 6.04. The molecule has 134 valence electrons. The number of aromatic nitrogens is 5. The second-order valence-corrected chi connectivity index (χ2v) is 6.50. The number of hydrogen-bond donors (Lipinski definition) is 1. The lowest BCUT2D eigenvalue weighted by molar-refractivity contribution is 0.0944. The van der Waals surface area contributed by atoms with Crippen molar-refractivity contribution in [1.29, 1.82) is 0 Å². The van der Waals surface area contributed by atoms with E-state index in [1.807, 2.05) is 0 Å². The number of nitrogens with zero attached hydrogens (tertiary/aromatic N) is 5. The molecule has 1 amide bonds. The summed E-state index contributed by atoms with van der Waals surface area (Å²) in [6.45, 7) is 1.17. The first-order valence-corrected chi connectivity index (χ1v) is 8.80. The number of fused-ring (bicyclic) bond motifs is 2. The normalized spacial score (nSPS) is 14.0. The lowest BCUT2D eigenvalue weighted by Crippen LogP contribution is -2.30. The summed E-state index contributed by atoms with van der Waals surface area (Å²) in [5, 5.41) is 16.5. The molecular formula is C18H20N6O2. The number of benzene rings is 1. The molecule has 0 radical (unpaired) electrons. The fourth-order valence-electron chi connectivity index (χ4n) is 3.39. The molecular weight excluding hydrogens is 332 g/mol. The first kappa shape index (κ1) is 16.4. The van der Waals surface area contributed by atoms with Gasteiger partial charge in [-0.3, -0.25) is 9.59 Å². The molecule has 0 aliphatic carbocycles. The number of aryl methyl sites for hydroxylation is 2. The van der Waals surface area contributed by atoms with Crippen LogP contribution in [0.5, 0.6) is 0 Å². The third kappa shape index (κ3) is 2.87. The van der Waals surface area contributed by atoms with Crippen LogP contribution in [0, 0.1) is 0 Å². The van der Waals surface area contributed by atoms with Gasteiger partial charge in [0.2, 0.25) is 0 Å². The maximum Gasteiger partial charge on any atom is 0.274 e. The number of nitrogens with one attached hydrogen (secondary N) is 1. The monoisotopic (exact) mass is 352 g/mol. The Morgan fingerprint density at radius 3 is 2.81 bits per heavy atom. The van der Waals surface area contributed by atoms with Gasteiger partial charge in [-0.1, -0.05) is 24.6 Å². The quantitative estimate of drug-likeness (QED) is 0.764. The van der Waals surface area contributed by atoms with E-state index in [4.69, 9.17) is 0 Å². The molecule has 2 aromatic heterocycles. The smallest absolute Gasteiger partial charge is 0.274 e. The van der Waals surface area contributed by atoms with Crippen molar-refractivity contribution in [3.63, 3.8) is 0 Å². The zero-order chi connectivity index (χ0) is 18.1. The van der Waals surface area contributed by atoms with E-state index >= 15 is 0 Å². The molecule has 8 heteroatoms. The van der Waals surface area contributed by atoms with E-state index in [0.717, 1.165) is 37.5 Å². The third-order valence-corrected chi connectivity index (χ3v) is 4.76. The summed E-state index contributed by atoms with van der Waals surface area (Å²) in [7, 11) is 1.55. The molecule has 0 spiro atoms. The van der Waals surface area contributed by atoms with E-state index in [1.165, 1.54) is 11.1 Å². The van der Waals surface area contributed by atoms with E-state index in [1.54, 1.807) is 31.3 Å². The summed E-state index contributed by atoms with van der Waals surface area (Å²) in [4.78, 5) is 24.9. The predicted molar refractivity (Wildman–Crippen MR) is 95.7 cm³/mol. The van der Waals surface area contributed by atoms with Crippen molar-refractivity contribution in [2.45, 2.75) is 38.8 Å². The van der Waals surface area contributed by atoms with Gasteiger partial charge in [0.1, 0.15) is 5.82 Å². The molecule has 4 rings (SSSR count). The average molecular weight is 352 g/mol. The van der Waals surface area contributed by atoms with E-state index in [-0.39, 0.29) is 23.7 Å². The molecule has 1 aliphatic rings. The van der Waals surface area contributed by atoms with Crippen LogP contribution in [0.3, 0.4) is 0 Å². The van der Waals surface area contributed by atoms with Crippen molar-refractivity contribution in [3.8, 4) is 0 Å². The summed E-state index contributed by atoms with van der Waals surface area (Å²) >= 11 is 0. The Labute approximate surface area is 149 Å². The number of hydrogen-bond acceptors (Lipinski definition) is 5. The Kier molecular flexibility index (Phi) is 4.24. The van der Waals surface area contributed by atoms with Gasteiger partial charge in [0.05, 0.1) is 11.9 Å². The molecule has 0 bridgehead atoms. The number of carbonyl (C=O) groups excluding carboxylic acids is 1. The van der Waals surface area contributed by atoms with Crippen LogP contribution in [0.2, 0.25) is 0 Å². The molecule has 3 aromatic rings. The largest absolute Gasteiger partial charge is 0.343 e. The van der Waals surface area contributed by atoms with Crippen LogP contribution in [0.1, 0.15) is 41.4 Å². The highest BCUT2D eigenvalue weighted by Gasteiger charge is 2.18. The van der Waals surface area contributed by atoms with Crippen LogP contribution < -0.4 is 10.9 Å². The van der Waals surface area contributed by atoms with Gasteiger partial charge in [-0.15, -0.1) is 10.2 Å². The molecule has 1 N–H and O–H groups in total. The first-order valence-electron chi connectivity index (χ1n) is 8.80. The highest BCUT2D eigenvalue weighted by atomic mass is 16.2.